The number of ether oxygens (including phenoxy) is 1. The molecule has 0 bridgehead atoms. The molecule has 4 rings (SSSR count). The van der Waals surface area contributed by atoms with E-state index in [0.29, 0.717) is 6.42 Å². The van der Waals surface area contributed by atoms with Crippen molar-refractivity contribution in [2.75, 3.05) is 0 Å². The zero-order chi connectivity index (χ0) is 20.2. The Balaban J connectivity index is 1.62. The maximum absolute atomic E-state index is 11.0. The van der Waals surface area contributed by atoms with E-state index in [1.54, 1.807) is 12.1 Å². The molecule has 29 heavy (non-hydrogen) atoms. The predicted octanol–water partition coefficient (Wildman–Crippen LogP) is 5.71. The number of aryl methyl sites for hydroxylation is 1. The molecule has 146 valence electrons. The molecule has 0 aliphatic rings. The number of nitrogens with zero attached hydrogens (tertiary/aromatic N) is 1. The maximum Gasteiger partial charge on any atom is 0.303 e. The highest BCUT2D eigenvalue weighted by Crippen LogP contribution is 2.34. The number of aliphatic carboxylic acids is 1. The van der Waals surface area contributed by atoms with Crippen LogP contribution in [0.2, 0.25) is 0 Å². The number of para-hydroxylation sites is 1. The zero-order valence-electron chi connectivity index (χ0n) is 15.5. The second-order valence-corrected chi connectivity index (χ2v) is 7.60. The quantitative estimate of drug-likeness (QED) is 0.412. The van der Waals surface area contributed by atoms with E-state index in [0.717, 1.165) is 32.9 Å². The van der Waals surface area contributed by atoms with Gasteiger partial charge in [-0.15, -0.1) is 0 Å². The van der Waals surface area contributed by atoms with Gasteiger partial charge in [0.2, 0.25) is 0 Å². The number of fused-ring (bicyclic) bond motifs is 1. The highest BCUT2D eigenvalue weighted by molar-refractivity contribution is 7.98. The highest BCUT2D eigenvalue weighted by atomic mass is 32.2. The lowest BCUT2D eigenvalue weighted by atomic mass is 10.1. The van der Waals surface area contributed by atoms with E-state index in [1.165, 1.54) is 11.9 Å². The third-order valence-electron chi connectivity index (χ3n) is 4.43. The predicted molar refractivity (Wildman–Crippen MR) is 114 cm³/mol. The SMILES string of the molecule is O=C(O)CCc1cn(Sc2cccc(Oc3ccccc3)c2)c2ccc(O)cc12. The van der Waals surface area contributed by atoms with Gasteiger partial charge in [0.15, 0.2) is 0 Å². The van der Waals surface area contributed by atoms with Crippen molar-refractivity contribution in [3.05, 3.63) is 84.6 Å². The molecule has 0 spiro atoms. The summed E-state index contributed by atoms with van der Waals surface area (Å²) in [6.07, 6.45) is 2.38. The van der Waals surface area contributed by atoms with Crippen molar-refractivity contribution < 1.29 is 19.7 Å². The molecule has 0 aliphatic heterocycles. The summed E-state index contributed by atoms with van der Waals surface area (Å²) in [5.74, 6) is 0.827. The topological polar surface area (TPSA) is 71.7 Å². The van der Waals surface area contributed by atoms with Crippen molar-refractivity contribution in [2.24, 2.45) is 0 Å². The van der Waals surface area contributed by atoms with Crippen molar-refractivity contribution in [3.8, 4) is 17.2 Å². The first-order valence-electron chi connectivity index (χ1n) is 9.14. The summed E-state index contributed by atoms with van der Waals surface area (Å²) in [4.78, 5) is 12.0. The van der Waals surface area contributed by atoms with E-state index >= 15 is 0 Å². The lowest BCUT2D eigenvalue weighted by molar-refractivity contribution is -0.136. The summed E-state index contributed by atoms with van der Waals surface area (Å²) in [6.45, 7) is 0. The normalized spacial score (nSPS) is 10.9. The smallest absolute Gasteiger partial charge is 0.303 e. The molecule has 1 heterocycles. The first-order chi connectivity index (χ1) is 14.1. The van der Waals surface area contributed by atoms with Gasteiger partial charge in [-0.2, -0.15) is 0 Å². The van der Waals surface area contributed by atoms with Crippen LogP contribution in [-0.4, -0.2) is 20.2 Å². The molecule has 0 saturated heterocycles. The summed E-state index contributed by atoms with van der Waals surface area (Å²) >= 11 is 1.51. The Labute approximate surface area is 172 Å². The van der Waals surface area contributed by atoms with E-state index in [2.05, 4.69) is 0 Å². The Hall–Kier alpha value is -3.38. The van der Waals surface area contributed by atoms with Crippen LogP contribution in [0.5, 0.6) is 17.2 Å². The van der Waals surface area contributed by atoms with Gasteiger partial charge >= 0.3 is 5.97 Å². The molecule has 1 aromatic heterocycles. The van der Waals surface area contributed by atoms with Crippen LogP contribution in [0.1, 0.15) is 12.0 Å². The molecule has 0 amide bonds. The molecule has 0 unspecified atom stereocenters. The summed E-state index contributed by atoms with van der Waals surface area (Å²) in [5, 5.41) is 19.7. The van der Waals surface area contributed by atoms with E-state index < -0.39 is 5.97 Å². The molecule has 4 aromatic rings. The van der Waals surface area contributed by atoms with Gasteiger partial charge in [0, 0.05) is 22.9 Å². The third kappa shape index (κ3) is 4.55. The Bertz CT molecular complexity index is 1150. The fourth-order valence-corrected chi connectivity index (χ4v) is 4.08. The van der Waals surface area contributed by atoms with Crippen LogP contribution in [0.15, 0.2) is 83.9 Å². The molecule has 0 saturated carbocycles. The number of rotatable bonds is 7. The standard InChI is InChI=1S/C23H19NO4S/c25-17-10-11-22-21(13-17)16(9-12-23(26)27)15-24(22)29-20-8-4-7-19(14-20)28-18-5-2-1-3-6-18/h1-8,10-11,13-15,25H,9,12H2,(H,26,27). The van der Waals surface area contributed by atoms with E-state index in [-0.39, 0.29) is 12.2 Å². The molecule has 2 N–H and O–H groups in total. The molecule has 5 nitrogen and oxygen atoms in total. The minimum absolute atomic E-state index is 0.0415. The van der Waals surface area contributed by atoms with Crippen LogP contribution in [0, 0.1) is 0 Å². The van der Waals surface area contributed by atoms with Crippen molar-refractivity contribution in [1.82, 2.24) is 3.97 Å². The lowest BCUT2D eigenvalue weighted by Crippen LogP contribution is -1.96. The fourth-order valence-electron chi connectivity index (χ4n) is 3.10. The molecule has 3 aromatic carbocycles. The van der Waals surface area contributed by atoms with Gasteiger partial charge in [0.1, 0.15) is 17.2 Å². The first-order valence-corrected chi connectivity index (χ1v) is 9.92. The van der Waals surface area contributed by atoms with Gasteiger partial charge in [-0.3, -0.25) is 8.77 Å². The molecular formula is C23H19NO4S. The summed E-state index contributed by atoms with van der Waals surface area (Å²) in [7, 11) is 0. The number of carbonyl (C=O) groups is 1. The molecule has 0 radical (unpaired) electrons. The second-order valence-electron chi connectivity index (χ2n) is 6.56. The van der Waals surface area contributed by atoms with Gasteiger partial charge in [0.25, 0.3) is 0 Å². The molecule has 0 aliphatic carbocycles. The van der Waals surface area contributed by atoms with Crippen LogP contribution >= 0.6 is 11.9 Å². The average molecular weight is 405 g/mol. The van der Waals surface area contributed by atoms with Crippen LogP contribution in [0.25, 0.3) is 10.9 Å². The molecular weight excluding hydrogens is 386 g/mol. The minimum atomic E-state index is -0.843. The zero-order valence-corrected chi connectivity index (χ0v) is 16.3. The van der Waals surface area contributed by atoms with Crippen molar-refractivity contribution in [2.45, 2.75) is 17.7 Å². The van der Waals surface area contributed by atoms with Gasteiger partial charge in [-0.1, -0.05) is 24.3 Å². The number of hydrogen-bond donors (Lipinski definition) is 2. The van der Waals surface area contributed by atoms with Crippen molar-refractivity contribution in [3.63, 3.8) is 0 Å². The highest BCUT2D eigenvalue weighted by Gasteiger charge is 2.12. The van der Waals surface area contributed by atoms with Gasteiger partial charge in [-0.25, -0.2) is 0 Å². The van der Waals surface area contributed by atoms with Crippen molar-refractivity contribution in [1.29, 1.82) is 0 Å². The number of phenolic OH excluding ortho intramolecular Hbond substituents is 1. The Morgan fingerprint density at radius 2 is 1.76 bits per heavy atom. The van der Waals surface area contributed by atoms with Crippen LogP contribution in [-0.2, 0) is 11.2 Å². The Kier molecular flexibility index (Phi) is 5.44. The summed E-state index contributed by atoms with van der Waals surface area (Å²) in [6, 6.07) is 22.5. The summed E-state index contributed by atoms with van der Waals surface area (Å²) in [5.41, 5.74) is 1.81. The Morgan fingerprint density at radius 1 is 0.966 bits per heavy atom. The number of phenols is 1. The number of hydrogen-bond acceptors (Lipinski definition) is 4. The van der Waals surface area contributed by atoms with Gasteiger partial charge < -0.3 is 14.9 Å². The van der Waals surface area contributed by atoms with Crippen LogP contribution < -0.4 is 4.74 Å². The van der Waals surface area contributed by atoms with Crippen molar-refractivity contribution >= 4 is 28.8 Å². The van der Waals surface area contributed by atoms with Gasteiger partial charge in [0.05, 0.1) is 5.52 Å². The van der Waals surface area contributed by atoms with E-state index in [1.807, 2.05) is 70.8 Å². The average Bonchev–Trinajstić information content (AvgIpc) is 3.04. The number of carboxylic acids is 1. The second kappa shape index (κ2) is 8.32. The van der Waals surface area contributed by atoms with Crippen LogP contribution in [0.4, 0.5) is 0 Å². The number of benzene rings is 3. The Morgan fingerprint density at radius 3 is 2.55 bits per heavy atom. The monoisotopic (exact) mass is 405 g/mol. The molecule has 0 atom stereocenters. The molecule has 0 fully saturated rings. The lowest BCUT2D eigenvalue weighted by Gasteiger charge is -2.08. The van der Waals surface area contributed by atoms with Crippen LogP contribution in [0.3, 0.4) is 0 Å². The van der Waals surface area contributed by atoms with E-state index in [9.17, 15) is 9.90 Å². The fraction of sp³-hybridized carbons (Fsp3) is 0.0870. The number of aromatic hydroxyl groups is 1. The largest absolute Gasteiger partial charge is 0.508 e. The maximum atomic E-state index is 11.0. The third-order valence-corrected chi connectivity index (χ3v) is 5.40. The minimum Gasteiger partial charge on any atom is -0.508 e. The summed E-state index contributed by atoms with van der Waals surface area (Å²) < 4.78 is 7.90. The van der Waals surface area contributed by atoms with E-state index in [4.69, 9.17) is 9.84 Å². The first kappa shape index (κ1) is 19.0. The van der Waals surface area contributed by atoms with Gasteiger partial charge in [-0.05, 0) is 72.5 Å². The molecule has 6 heteroatoms. The number of aromatic nitrogens is 1. The number of carboxylic acid groups (broad SMARTS) is 1.